The lowest BCUT2D eigenvalue weighted by Gasteiger charge is -2.29. The van der Waals surface area contributed by atoms with Crippen LogP contribution in [-0.2, 0) is 0 Å². The largest absolute Gasteiger partial charge is 0.478 e. The number of rotatable bonds is 3. The first-order valence-electron chi connectivity index (χ1n) is 6.69. The summed E-state index contributed by atoms with van der Waals surface area (Å²) in [5.74, 6) is -0.921. The van der Waals surface area contributed by atoms with Gasteiger partial charge in [-0.2, -0.15) is 5.10 Å². The maximum Gasteiger partial charge on any atom is 0.335 e. The smallest absolute Gasteiger partial charge is 0.335 e. The summed E-state index contributed by atoms with van der Waals surface area (Å²) < 4.78 is 0. The number of carbonyl (C=O) groups is 1. The van der Waals surface area contributed by atoms with Crippen molar-refractivity contribution < 1.29 is 9.90 Å². The molecule has 1 aromatic rings. The van der Waals surface area contributed by atoms with Crippen LogP contribution in [0.5, 0.6) is 0 Å². The lowest BCUT2D eigenvalue weighted by Crippen LogP contribution is -2.21. The summed E-state index contributed by atoms with van der Waals surface area (Å²) in [4.78, 5) is 10.8. The molecule has 4 heteroatoms. The number of hydrogen-bond donors (Lipinski definition) is 2. The highest BCUT2D eigenvalue weighted by molar-refractivity contribution is 5.97. The van der Waals surface area contributed by atoms with Crippen molar-refractivity contribution in [2.75, 3.05) is 5.43 Å². The minimum atomic E-state index is -0.921. The first-order chi connectivity index (χ1) is 9.35. The van der Waals surface area contributed by atoms with E-state index in [9.17, 15) is 4.79 Å². The quantitative estimate of drug-likeness (QED) is 0.820. The van der Waals surface area contributed by atoms with Crippen LogP contribution in [0.4, 0.5) is 5.69 Å². The van der Waals surface area contributed by atoms with Gasteiger partial charge in [-0.15, -0.1) is 0 Å². The van der Waals surface area contributed by atoms with E-state index >= 15 is 0 Å². The Labute approximate surface area is 119 Å². The van der Waals surface area contributed by atoms with Crippen LogP contribution in [0.3, 0.4) is 0 Å². The number of anilines is 1. The van der Waals surface area contributed by atoms with Crippen molar-refractivity contribution in [2.24, 2.45) is 10.5 Å². The standard InChI is InChI=1S/C16H20N2O2/c1-11-8-14(10-16(2,3)9-11)18-17-13-6-4-12(5-7-13)15(19)20/h4-8,17H,9-10H2,1-3H3,(H,19,20)/b18-14-. The van der Waals surface area contributed by atoms with Crippen LogP contribution in [0.2, 0.25) is 0 Å². The monoisotopic (exact) mass is 272 g/mol. The van der Waals surface area contributed by atoms with E-state index in [2.05, 4.69) is 37.4 Å². The summed E-state index contributed by atoms with van der Waals surface area (Å²) in [6.07, 6.45) is 4.15. The highest BCUT2D eigenvalue weighted by Gasteiger charge is 2.24. The van der Waals surface area contributed by atoms with Gasteiger partial charge in [0.2, 0.25) is 0 Å². The summed E-state index contributed by atoms with van der Waals surface area (Å²) in [5.41, 5.74) is 6.66. The second-order valence-electron chi connectivity index (χ2n) is 6.11. The van der Waals surface area contributed by atoms with Crippen molar-refractivity contribution in [2.45, 2.75) is 33.6 Å². The number of carboxylic acids is 1. The summed E-state index contributed by atoms with van der Waals surface area (Å²) in [5, 5.41) is 13.3. The molecule has 0 saturated carbocycles. The Bertz CT molecular complexity index is 569. The van der Waals surface area contributed by atoms with Crippen LogP contribution in [0.25, 0.3) is 0 Å². The third-order valence-corrected chi connectivity index (χ3v) is 3.29. The molecule has 2 N–H and O–H groups in total. The molecule has 0 heterocycles. The lowest BCUT2D eigenvalue weighted by molar-refractivity contribution is 0.0697. The maximum atomic E-state index is 10.8. The molecule has 1 aliphatic carbocycles. The molecular weight excluding hydrogens is 252 g/mol. The molecule has 0 aromatic heterocycles. The predicted octanol–water partition coefficient (Wildman–Crippen LogP) is 3.92. The van der Waals surface area contributed by atoms with Crippen LogP contribution < -0.4 is 5.43 Å². The van der Waals surface area contributed by atoms with Crippen molar-refractivity contribution in [1.29, 1.82) is 0 Å². The Morgan fingerprint density at radius 2 is 1.90 bits per heavy atom. The normalized spacial score (nSPS) is 19.6. The molecule has 0 saturated heterocycles. The third-order valence-electron chi connectivity index (χ3n) is 3.29. The average Bonchev–Trinajstić information content (AvgIpc) is 2.34. The first-order valence-corrected chi connectivity index (χ1v) is 6.69. The topological polar surface area (TPSA) is 61.7 Å². The van der Waals surface area contributed by atoms with Gasteiger partial charge in [-0.1, -0.05) is 19.4 Å². The Morgan fingerprint density at radius 1 is 1.25 bits per heavy atom. The van der Waals surface area contributed by atoms with Crippen LogP contribution in [0.1, 0.15) is 44.0 Å². The van der Waals surface area contributed by atoms with Gasteiger partial charge in [0.1, 0.15) is 0 Å². The number of nitrogens with zero attached hydrogens (tertiary/aromatic N) is 1. The molecule has 0 aliphatic heterocycles. The molecule has 2 rings (SSSR count). The molecule has 0 amide bonds. The zero-order valence-corrected chi connectivity index (χ0v) is 12.1. The van der Waals surface area contributed by atoms with Crippen LogP contribution in [0, 0.1) is 5.41 Å². The van der Waals surface area contributed by atoms with E-state index in [4.69, 9.17) is 5.11 Å². The van der Waals surface area contributed by atoms with Gasteiger partial charge in [0, 0.05) is 0 Å². The molecule has 106 valence electrons. The second kappa shape index (κ2) is 5.49. The number of aromatic carboxylic acids is 1. The number of hydrogen-bond acceptors (Lipinski definition) is 3. The maximum absolute atomic E-state index is 10.8. The van der Waals surface area contributed by atoms with Crippen molar-refractivity contribution in [3.63, 3.8) is 0 Å². The van der Waals surface area contributed by atoms with Crippen LogP contribution in [0.15, 0.2) is 41.0 Å². The molecule has 4 nitrogen and oxygen atoms in total. The molecule has 20 heavy (non-hydrogen) atoms. The van der Waals surface area contributed by atoms with E-state index in [1.54, 1.807) is 24.3 Å². The molecule has 0 fully saturated rings. The van der Waals surface area contributed by atoms with E-state index in [1.165, 1.54) is 5.57 Å². The van der Waals surface area contributed by atoms with Gasteiger partial charge in [0.15, 0.2) is 0 Å². The van der Waals surface area contributed by atoms with E-state index in [0.29, 0.717) is 0 Å². The Kier molecular flexibility index (Phi) is 3.93. The number of hydrazone groups is 1. The zero-order chi connectivity index (χ0) is 14.8. The Hall–Kier alpha value is -2.10. The molecule has 0 radical (unpaired) electrons. The van der Waals surface area contributed by atoms with Crippen LogP contribution in [-0.4, -0.2) is 16.8 Å². The molecular formula is C16H20N2O2. The summed E-state index contributed by atoms with van der Waals surface area (Å²) in [6, 6.07) is 6.57. The fourth-order valence-corrected chi connectivity index (χ4v) is 2.59. The van der Waals surface area contributed by atoms with Gasteiger partial charge < -0.3 is 5.11 Å². The number of carboxylic acid groups (broad SMARTS) is 1. The second-order valence-corrected chi connectivity index (χ2v) is 6.11. The van der Waals surface area contributed by atoms with Crippen molar-refractivity contribution in [3.8, 4) is 0 Å². The van der Waals surface area contributed by atoms with Crippen molar-refractivity contribution in [1.82, 2.24) is 0 Å². The Balaban J connectivity index is 2.09. The van der Waals surface area contributed by atoms with E-state index in [0.717, 1.165) is 24.2 Å². The summed E-state index contributed by atoms with van der Waals surface area (Å²) in [7, 11) is 0. The first kappa shape index (κ1) is 14.3. The minimum absolute atomic E-state index is 0.243. The molecule has 0 bridgehead atoms. The summed E-state index contributed by atoms with van der Waals surface area (Å²) in [6.45, 7) is 6.60. The fourth-order valence-electron chi connectivity index (χ4n) is 2.59. The Morgan fingerprint density at radius 3 is 2.45 bits per heavy atom. The third kappa shape index (κ3) is 3.70. The predicted molar refractivity (Wildman–Crippen MR) is 81.2 cm³/mol. The van der Waals surface area contributed by atoms with Gasteiger partial charge >= 0.3 is 5.97 Å². The van der Waals surface area contributed by atoms with Crippen LogP contribution >= 0.6 is 0 Å². The highest BCUT2D eigenvalue weighted by atomic mass is 16.4. The number of benzene rings is 1. The van der Waals surface area contributed by atoms with E-state index in [1.807, 2.05) is 0 Å². The van der Waals surface area contributed by atoms with Gasteiger partial charge in [-0.3, -0.25) is 5.43 Å². The van der Waals surface area contributed by atoms with Crippen molar-refractivity contribution >= 4 is 17.4 Å². The molecule has 1 aromatic carbocycles. The van der Waals surface area contributed by atoms with Gasteiger partial charge in [-0.25, -0.2) is 4.79 Å². The van der Waals surface area contributed by atoms with E-state index < -0.39 is 5.97 Å². The van der Waals surface area contributed by atoms with E-state index in [-0.39, 0.29) is 11.0 Å². The average molecular weight is 272 g/mol. The molecule has 0 spiro atoms. The zero-order valence-electron chi connectivity index (χ0n) is 12.1. The SMILES string of the molecule is CC1=C/C(=N/Nc2ccc(C(=O)O)cc2)CC(C)(C)C1. The van der Waals surface area contributed by atoms with Gasteiger partial charge in [-0.05, 0) is 55.5 Å². The highest BCUT2D eigenvalue weighted by Crippen LogP contribution is 2.33. The van der Waals surface area contributed by atoms with Gasteiger partial charge in [0.25, 0.3) is 0 Å². The number of allylic oxidation sites excluding steroid dienone is 2. The minimum Gasteiger partial charge on any atom is -0.478 e. The molecule has 0 atom stereocenters. The van der Waals surface area contributed by atoms with Gasteiger partial charge in [0.05, 0.1) is 17.0 Å². The lowest BCUT2D eigenvalue weighted by atomic mass is 9.77. The van der Waals surface area contributed by atoms with Crippen molar-refractivity contribution in [3.05, 3.63) is 41.5 Å². The summed E-state index contributed by atoms with van der Waals surface area (Å²) >= 11 is 0. The molecule has 1 aliphatic rings. The number of nitrogens with one attached hydrogen (secondary N) is 1. The molecule has 0 unspecified atom stereocenters. The fraction of sp³-hybridized carbons (Fsp3) is 0.375.